The molecule has 25 heavy (non-hydrogen) atoms. The lowest BCUT2D eigenvalue weighted by Crippen LogP contribution is -2.42. The Labute approximate surface area is 147 Å². The Hall–Kier alpha value is -1.69. The van der Waals surface area contributed by atoms with Gasteiger partial charge >= 0.3 is 10.3 Å². The molecule has 0 unspecified atom stereocenters. The maximum atomic E-state index is 12.4. The fraction of sp³-hybridized carbons (Fsp3) is 0.579. The Morgan fingerprint density at radius 2 is 2.04 bits per heavy atom. The molecule has 6 heteroatoms. The van der Waals surface area contributed by atoms with Crippen LogP contribution in [0.1, 0.15) is 61.6 Å². The molecule has 3 aliphatic carbocycles. The average Bonchev–Trinajstić information content (AvgIpc) is 2.88. The lowest BCUT2D eigenvalue weighted by Gasteiger charge is -2.48. The molecule has 0 N–H and O–H groups in total. The molecule has 5 rings (SSSR count). The number of nitrogens with zero attached hydrogens (tertiary/aromatic N) is 1. The number of Topliss-reactive ketones (excluding diaryl/α,β-unsaturated/α-hetero) is 1. The minimum absolute atomic E-state index is 0.120. The molecular formula is C19H21NO4S. The highest BCUT2D eigenvalue weighted by Gasteiger charge is 2.54. The molecule has 0 aromatic heterocycles. The third-order valence-corrected chi connectivity index (χ3v) is 7.89. The van der Waals surface area contributed by atoms with Gasteiger partial charge in [0, 0.05) is 17.4 Å². The molecule has 5 nitrogen and oxygen atoms in total. The first-order valence-electron chi connectivity index (χ1n) is 9.08. The minimum atomic E-state index is -3.84. The van der Waals surface area contributed by atoms with Gasteiger partial charge in [-0.25, -0.2) is 0 Å². The van der Waals surface area contributed by atoms with Gasteiger partial charge in [0.1, 0.15) is 5.78 Å². The van der Waals surface area contributed by atoms with Crippen molar-refractivity contribution < 1.29 is 17.4 Å². The van der Waals surface area contributed by atoms with E-state index in [1.54, 1.807) is 6.07 Å². The highest BCUT2D eigenvalue weighted by Crippen LogP contribution is 2.60. The van der Waals surface area contributed by atoms with E-state index >= 15 is 0 Å². The van der Waals surface area contributed by atoms with E-state index in [2.05, 4.69) is 11.3 Å². The summed E-state index contributed by atoms with van der Waals surface area (Å²) in [7, 11) is -3.84. The minimum Gasteiger partial charge on any atom is -0.365 e. The number of hydrogen-bond acceptors (Lipinski definition) is 4. The van der Waals surface area contributed by atoms with Crippen LogP contribution in [0.25, 0.3) is 0 Å². The second-order valence-corrected chi connectivity index (χ2v) is 9.36. The van der Waals surface area contributed by atoms with E-state index in [4.69, 9.17) is 4.18 Å². The van der Waals surface area contributed by atoms with Crippen LogP contribution in [-0.4, -0.2) is 20.4 Å². The van der Waals surface area contributed by atoms with Gasteiger partial charge < -0.3 is 4.18 Å². The molecule has 132 valence electrons. The zero-order chi connectivity index (χ0) is 17.4. The average molecular weight is 359 g/mol. The Morgan fingerprint density at radius 3 is 2.88 bits per heavy atom. The third kappa shape index (κ3) is 2.09. The van der Waals surface area contributed by atoms with Gasteiger partial charge in [0.05, 0.1) is 6.21 Å². The number of rotatable bonds is 0. The monoisotopic (exact) mass is 359 g/mol. The van der Waals surface area contributed by atoms with Crippen molar-refractivity contribution in [1.82, 2.24) is 0 Å². The van der Waals surface area contributed by atoms with Gasteiger partial charge in [-0.2, -0.15) is 8.42 Å². The van der Waals surface area contributed by atoms with Gasteiger partial charge in [-0.15, -0.1) is 4.40 Å². The SMILES string of the molecule is C[C@]12CC[C@@H]3c4ccc5c(c4CC[C@H]3[C@@H]1CCC2=O)C=NS(=O)(=O)O5. The van der Waals surface area contributed by atoms with Crippen LogP contribution in [0.2, 0.25) is 0 Å². The Balaban J connectivity index is 1.57. The molecule has 1 aromatic rings. The molecular weight excluding hydrogens is 338 g/mol. The van der Waals surface area contributed by atoms with Crippen LogP contribution in [0, 0.1) is 17.3 Å². The summed E-state index contributed by atoms with van der Waals surface area (Å²) in [6, 6.07) is 3.81. The van der Waals surface area contributed by atoms with E-state index in [9.17, 15) is 13.2 Å². The molecule has 1 aromatic carbocycles. The summed E-state index contributed by atoms with van der Waals surface area (Å²) in [6.45, 7) is 2.18. The summed E-state index contributed by atoms with van der Waals surface area (Å²) in [5.74, 6) is 2.36. The van der Waals surface area contributed by atoms with E-state index in [1.807, 2.05) is 6.07 Å². The molecule has 0 spiro atoms. The van der Waals surface area contributed by atoms with E-state index in [-0.39, 0.29) is 5.41 Å². The van der Waals surface area contributed by atoms with Crippen LogP contribution in [-0.2, 0) is 21.5 Å². The summed E-state index contributed by atoms with van der Waals surface area (Å²) in [6.07, 6.45) is 7.16. The number of hydrogen-bond donors (Lipinski definition) is 0. The first kappa shape index (κ1) is 15.6. The van der Waals surface area contributed by atoms with Crippen LogP contribution in [0.5, 0.6) is 5.75 Å². The summed E-state index contributed by atoms with van der Waals surface area (Å²) in [5.41, 5.74) is 3.20. The first-order chi connectivity index (χ1) is 11.9. The van der Waals surface area contributed by atoms with Gasteiger partial charge in [-0.05, 0) is 67.1 Å². The molecule has 4 aliphatic rings. The Kier molecular flexibility index (Phi) is 3.07. The van der Waals surface area contributed by atoms with Crippen molar-refractivity contribution in [2.45, 2.75) is 51.4 Å². The topological polar surface area (TPSA) is 72.8 Å². The molecule has 4 atom stereocenters. The molecule has 2 fully saturated rings. The van der Waals surface area contributed by atoms with Crippen LogP contribution in [0.15, 0.2) is 16.5 Å². The number of ketones is 1. The van der Waals surface area contributed by atoms with Gasteiger partial charge in [0.25, 0.3) is 0 Å². The van der Waals surface area contributed by atoms with E-state index in [0.717, 1.165) is 44.1 Å². The van der Waals surface area contributed by atoms with Crippen LogP contribution in [0.4, 0.5) is 0 Å². The predicted octanol–water partition coefficient (Wildman–Crippen LogP) is 3.17. The highest BCUT2D eigenvalue weighted by molar-refractivity contribution is 7.86. The van der Waals surface area contributed by atoms with E-state index in [1.165, 1.54) is 17.3 Å². The number of carbonyl (C=O) groups is 1. The second-order valence-electron chi connectivity index (χ2n) is 8.12. The van der Waals surface area contributed by atoms with Gasteiger partial charge in [0.2, 0.25) is 0 Å². The molecule has 0 saturated heterocycles. The maximum absolute atomic E-state index is 12.4. The molecule has 0 amide bonds. The van der Waals surface area contributed by atoms with Gasteiger partial charge in [0.15, 0.2) is 5.75 Å². The zero-order valence-electron chi connectivity index (χ0n) is 14.2. The summed E-state index contributed by atoms with van der Waals surface area (Å²) in [5, 5.41) is 0. The van der Waals surface area contributed by atoms with Crippen LogP contribution in [0.3, 0.4) is 0 Å². The number of carbonyl (C=O) groups excluding carboxylic acids is 1. The van der Waals surface area contributed by atoms with Gasteiger partial charge in [-0.1, -0.05) is 13.0 Å². The van der Waals surface area contributed by atoms with E-state index < -0.39 is 10.3 Å². The van der Waals surface area contributed by atoms with E-state index in [0.29, 0.717) is 29.3 Å². The number of fused-ring (bicyclic) bond motifs is 7. The van der Waals surface area contributed by atoms with Gasteiger partial charge in [-0.3, -0.25) is 4.79 Å². The van der Waals surface area contributed by atoms with Crippen molar-refractivity contribution in [3.63, 3.8) is 0 Å². The number of benzene rings is 1. The molecule has 2 saturated carbocycles. The second kappa shape index (κ2) is 4.93. The maximum Gasteiger partial charge on any atom is 0.428 e. The van der Waals surface area contributed by atoms with Crippen LogP contribution >= 0.6 is 0 Å². The largest absolute Gasteiger partial charge is 0.428 e. The summed E-state index contributed by atoms with van der Waals surface area (Å²) in [4.78, 5) is 12.4. The molecule has 1 aliphatic heterocycles. The summed E-state index contributed by atoms with van der Waals surface area (Å²) < 4.78 is 31.7. The normalized spacial score (nSPS) is 37.5. The lowest BCUT2D eigenvalue weighted by atomic mass is 9.55. The third-order valence-electron chi connectivity index (χ3n) is 7.13. The van der Waals surface area contributed by atoms with Crippen molar-refractivity contribution in [2.75, 3.05) is 0 Å². The van der Waals surface area contributed by atoms with Crippen molar-refractivity contribution in [3.8, 4) is 5.75 Å². The van der Waals surface area contributed by atoms with Crippen LogP contribution < -0.4 is 4.18 Å². The van der Waals surface area contributed by atoms with Crippen molar-refractivity contribution in [3.05, 3.63) is 28.8 Å². The Bertz CT molecular complexity index is 920. The standard InChI is InChI=1S/C19H21NO4S/c1-19-9-8-13-11-4-6-17-15(10-20-25(22,23)24-17)12(11)2-3-14(13)16(19)5-7-18(19)21/h4,6,10,13-14,16H,2-3,5,7-9H2,1H3/t13-,14-,16+,19+/m1/s1. The smallest absolute Gasteiger partial charge is 0.365 e. The zero-order valence-corrected chi connectivity index (χ0v) is 15.0. The van der Waals surface area contributed by atoms with Crippen molar-refractivity contribution in [1.29, 1.82) is 0 Å². The fourth-order valence-electron chi connectivity index (χ4n) is 5.91. The van der Waals surface area contributed by atoms with Crippen molar-refractivity contribution >= 4 is 22.3 Å². The quantitative estimate of drug-likeness (QED) is 0.713. The predicted molar refractivity (Wildman–Crippen MR) is 93.2 cm³/mol. The highest BCUT2D eigenvalue weighted by atomic mass is 32.2. The lowest BCUT2D eigenvalue weighted by molar-refractivity contribution is -0.129. The first-order valence-corrected chi connectivity index (χ1v) is 10.4. The molecule has 1 heterocycles. The molecule has 0 bridgehead atoms. The van der Waals surface area contributed by atoms with Crippen molar-refractivity contribution in [2.24, 2.45) is 21.6 Å². The Morgan fingerprint density at radius 1 is 1.20 bits per heavy atom. The fourth-order valence-corrected chi connectivity index (χ4v) is 6.56. The molecule has 0 radical (unpaired) electrons. The summed E-state index contributed by atoms with van der Waals surface area (Å²) >= 11 is 0.